The molecule has 2 aromatic rings. The number of fused-ring (bicyclic) bond motifs is 1. The minimum Gasteiger partial charge on any atom is -0.394 e. The summed E-state index contributed by atoms with van der Waals surface area (Å²) in [6.45, 7) is 3.32. The van der Waals surface area contributed by atoms with Crippen LogP contribution in [0.5, 0.6) is 0 Å². The summed E-state index contributed by atoms with van der Waals surface area (Å²) in [5, 5.41) is 26.6. The van der Waals surface area contributed by atoms with Crippen molar-refractivity contribution in [2.45, 2.75) is 32.0 Å². The van der Waals surface area contributed by atoms with E-state index in [4.69, 9.17) is 5.11 Å². The van der Waals surface area contributed by atoms with Crippen LogP contribution >= 0.6 is 0 Å². The van der Waals surface area contributed by atoms with Crippen LogP contribution in [-0.4, -0.2) is 57.0 Å². The van der Waals surface area contributed by atoms with Crippen molar-refractivity contribution in [3.05, 3.63) is 12.3 Å². The smallest absolute Gasteiger partial charge is 0.228 e. The van der Waals surface area contributed by atoms with Gasteiger partial charge in [0, 0.05) is 12.2 Å². The molecule has 0 spiro atoms. The van der Waals surface area contributed by atoms with Crippen LogP contribution < -0.4 is 10.6 Å². The molecule has 2 atom stereocenters. The van der Waals surface area contributed by atoms with Crippen LogP contribution in [0.25, 0.3) is 11.0 Å². The lowest BCUT2D eigenvalue weighted by Crippen LogP contribution is -2.29. The Morgan fingerprint density at radius 3 is 3.08 bits per heavy atom. The van der Waals surface area contributed by atoms with E-state index in [1.807, 2.05) is 12.3 Å². The second-order valence-corrected chi connectivity index (χ2v) is 6.41. The number of hydrogen-bond donors (Lipinski definition) is 4. The van der Waals surface area contributed by atoms with Crippen LogP contribution in [0.15, 0.2) is 22.6 Å². The molecule has 2 aromatic heterocycles. The molecule has 1 aliphatic carbocycles. The van der Waals surface area contributed by atoms with Gasteiger partial charge in [-0.15, -0.1) is 5.11 Å². The molecule has 0 saturated heterocycles. The Morgan fingerprint density at radius 1 is 1.42 bits per heavy atom. The summed E-state index contributed by atoms with van der Waals surface area (Å²) in [6, 6.07) is 2.39. The molecule has 9 nitrogen and oxygen atoms in total. The number of β-amino-alcohol motifs (C(OH)–C–C–N with tert-alkyl or cyclic N) is 1. The highest BCUT2D eigenvalue weighted by Gasteiger charge is 2.28. The highest BCUT2D eigenvalue weighted by molar-refractivity contribution is 5.88. The number of H-pyrrole nitrogens is 1. The highest BCUT2D eigenvalue weighted by Crippen LogP contribution is 2.34. The number of nitrogens with zero attached hydrogens (tertiary/aromatic N) is 5. The topological polar surface area (TPSA) is 114 Å². The van der Waals surface area contributed by atoms with Crippen molar-refractivity contribution < 1.29 is 5.11 Å². The van der Waals surface area contributed by atoms with E-state index in [-0.39, 0.29) is 12.8 Å². The molecule has 9 heteroatoms. The monoisotopic (exact) mass is 330 g/mol. The van der Waals surface area contributed by atoms with E-state index < -0.39 is 0 Å². The molecule has 3 heterocycles. The van der Waals surface area contributed by atoms with Gasteiger partial charge in [-0.25, -0.2) is 0 Å². The third-order valence-corrected chi connectivity index (χ3v) is 4.46. The van der Waals surface area contributed by atoms with Gasteiger partial charge < -0.3 is 20.7 Å². The molecule has 1 unspecified atom stereocenters. The van der Waals surface area contributed by atoms with Gasteiger partial charge in [-0.1, -0.05) is 5.22 Å². The predicted molar refractivity (Wildman–Crippen MR) is 90.6 cm³/mol. The van der Waals surface area contributed by atoms with Crippen molar-refractivity contribution in [1.82, 2.24) is 20.0 Å². The summed E-state index contributed by atoms with van der Waals surface area (Å²) in [6.07, 6.45) is 4.22. The Morgan fingerprint density at radius 2 is 2.29 bits per heavy atom. The number of aromatic amines is 1. The van der Waals surface area contributed by atoms with Crippen molar-refractivity contribution in [2.75, 3.05) is 30.3 Å². The maximum absolute atomic E-state index is 8.97. The van der Waals surface area contributed by atoms with Crippen LogP contribution in [0.1, 0.15) is 19.8 Å². The molecule has 1 aliphatic heterocycles. The van der Waals surface area contributed by atoms with Gasteiger partial charge in [0.05, 0.1) is 25.1 Å². The SMILES string of the molecule is C[C@@H](Nc1nc(NC2CN(CCO)N=N2)nc2[nH]ccc12)C1CC1. The fourth-order valence-electron chi connectivity index (χ4n) is 2.93. The zero-order chi connectivity index (χ0) is 16.5. The van der Waals surface area contributed by atoms with Crippen LogP contribution in [-0.2, 0) is 0 Å². The summed E-state index contributed by atoms with van der Waals surface area (Å²) < 4.78 is 0. The lowest BCUT2D eigenvalue weighted by atomic mass is 10.2. The molecular weight excluding hydrogens is 308 g/mol. The number of aliphatic hydroxyl groups excluding tert-OH is 1. The van der Waals surface area contributed by atoms with E-state index in [1.54, 1.807) is 5.01 Å². The number of aliphatic hydroxyl groups is 1. The van der Waals surface area contributed by atoms with E-state index in [2.05, 4.69) is 42.8 Å². The zero-order valence-corrected chi connectivity index (χ0v) is 13.6. The third kappa shape index (κ3) is 3.12. The van der Waals surface area contributed by atoms with E-state index in [9.17, 15) is 0 Å². The highest BCUT2D eigenvalue weighted by atomic mass is 16.3. The first-order chi connectivity index (χ1) is 11.7. The van der Waals surface area contributed by atoms with Gasteiger partial charge in [-0.3, -0.25) is 5.01 Å². The number of anilines is 2. The van der Waals surface area contributed by atoms with Crippen molar-refractivity contribution in [3.8, 4) is 0 Å². The molecule has 0 amide bonds. The van der Waals surface area contributed by atoms with E-state index in [1.165, 1.54) is 12.8 Å². The summed E-state index contributed by atoms with van der Waals surface area (Å²) >= 11 is 0. The predicted octanol–water partition coefficient (Wildman–Crippen LogP) is 1.58. The molecular formula is C15H22N8O. The minimum absolute atomic E-state index is 0.0593. The molecule has 128 valence electrons. The Balaban J connectivity index is 1.52. The second-order valence-electron chi connectivity index (χ2n) is 6.41. The lowest BCUT2D eigenvalue weighted by Gasteiger charge is -2.16. The molecule has 4 rings (SSSR count). The summed E-state index contributed by atoms with van der Waals surface area (Å²) in [5.41, 5.74) is 0.792. The van der Waals surface area contributed by atoms with Gasteiger partial charge in [0.2, 0.25) is 5.95 Å². The molecule has 2 aliphatic rings. The molecule has 0 bridgehead atoms. The Kier molecular flexibility index (Phi) is 3.93. The van der Waals surface area contributed by atoms with Crippen molar-refractivity contribution in [1.29, 1.82) is 0 Å². The summed E-state index contributed by atoms with van der Waals surface area (Å²) in [7, 11) is 0. The van der Waals surface area contributed by atoms with Gasteiger partial charge in [-0.05, 0) is 31.7 Å². The Hall–Kier alpha value is -2.42. The van der Waals surface area contributed by atoms with Gasteiger partial charge in [-0.2, -0.15) is 9.97 Å². The van der Waals surface area contributed by atoms with E-state index >= 15 is 0 Å². The van der Waals surface area contributed by atoms with Crippen molar-refractivity contribution in [3.63, 3.8) is 0 Å². The van der Waals surface area contributed by atoms with Crippen molar-refractivity contribution >= 4 is 22.8 Å². The third-order valence-electron chi connectivity index (χ3n) is 4.46. The van der Waals surface area contributed by atoms with Crippen LogP contribution in [0.2, 0.25) is 0 Å². The largest absolute Gasteiger partial charge is 0.394 e. The first-order valence-electron chi connectivity index (χ1n) is 8.37. The average Bonchev–Trinajstić information content (AvgIpc) is 3.16. The first-order valence-corrected chi connectivity index (χ1v) is 8.37. The first kappa shape index (κ1) is 15.1. The summed E-state index contributed by atoms with van der Waals surface area (Å²) in [4.78, 5) is 12.3. The van der Waals surface area contributed by atoms with Crippen LogP contribution in [0.4, 0.5) is 11.8 Å². The maximum atomic E-state index is 8.97. The molecule has 24 heavy (non-hydrogen) atoms. The quantitative estimate of drug-likeness (QED) is 0.613. The van der Waals surface area contributed by atoms with Gasteiger partial charge in [0.25, 0.3) is 0 Å². The zero-order valence-electron chi connectivity index (χ0n) is 13.6. The minimum atomic E-state index is -0.210. The molecule has 4 N–H and O–H groups in total. The fourth-order valence-corrected chi connectivity index (χ4v) is 2.93. The number of nitrogens with one attached hydrogen (secondary N) is 3. The van der Waals surface area contributed by atoms with Crippen molar-refractivity contribution in [2.24, 2.45) is 16.3 Å². The molecule has 1 saturated carbocycles. The number of aromatic nitrogens is 3. The van der Waals surface area contributed by atoms with Crippen LogP contribution in [0, 0.1) is 5.92 Å². The van der Waals surface area contributed by atoms with E-state index in [0.717, 1.165) is 22.8 Å². The Labute approximate surface area is 139 Å². The van der Waals surface area contributed by atoms with Gasteiger partial charge in [0.15, 0.2) is 6.17 Å². The van der Waals surface area contributed by atoms with Crippen LogP contribution in [0.3, 0.4) is 0 Å². The maximum Gasteiger partial charge on any atom is 0.228 e. The fraction of sp³-hybridized carbons (Fsp3) is 0.600. The standard InChI is InChI=1S/C15H22N8O/c1-9(10-2-3-10)17-14-11-4-5-16-13(11)19-15(20-14)18-12-8-23(6-7-24)22-21-12/h4-5,9-10,12,24H,2-3,6-8H2,1H3,(H3,16,17,18,19,20)/t9-,12?/m1/s1. The molecule has 0 aromatic carbocycles. The molecule has 1 fully saturated rings. The van der Waals surface area contributed by atoms with Gasteiger partial charge in [0.1, 0.15) is 11.5 Å². The normalized spacial score (nSPS) is 21.4. The van der Waals surface area contributed by atoms with Gasteiger partial charge >= 0.3 is 0 Å². The number of rotatable bonds is 7. The average molecular weight is 330 g/mol. The summed E-state index contributed by atoms with van der Waals surface area (Å²) in [5.74, 6) is 2.09. The Bertz CT molecular complexity index is 740. The lowest BCUT2D eigenvalue weighted by molar-refractivity contribution is 0.211. The van der Waals surface area contributed by atoms with E-state index in [0.29, 0.717) is 25.1 Å². The number of hydrogen-bond acceptors (Lipinski definition) is 8. The molecule has 0 radical (unpaired) electrons. The second kappa shape index (κ2) is 6.23.